The Morgan fingerprint density at radius 3 is 2.30 bits per heavy atom. The van der Waals surface area contributed by atoms with Gasteiger partial charge in [-0.1, -0.05) is 53.5 Å². The second-order valence-corrected chi connectivity index (χ2v) is 8.84. The van der Waals surface area contributed by atoms with Crippen molar-refractivity contribution in [3.63, 3.8) is 0 Å². The van der Waals surface area contributed by atoms with Crippen molar-refractivity contribution in [3.8, 4) is 0 Å². The lowest BCUT2D eigenvalue weighted by Crippen LogP contribution is -2.26. The molecule has 0 aromatic heterocycles. The first-order valence-corrected chi connectivity index (χ1v) is 10.8. The first-order valence-electron chi connectivity index (χ1n) is 10.0. The van der Waals surface area contributed by atoms with Gasteiger partial charge >= 0.3 is 0 Å². The fraction of sp³-hybridized carbons (Fsp3) is 0.478. The molecule has 0 radical (unpaired) electrons. The van der Waals surface area contributed by atoms with E-state index >= 15 is 0 Å². The molecule has 1 aliphatic carbocycles. The predicted octanol–water partition coefficient (Wildman–Crippen LogP) is 6.30. The van der Waals surface area contributed by atoms with Crippen LogP contribution in [-0.2, 0) is 17.9 Å². The van der Waals surface area contributed by atoms with Crippen molar-refractivity contribution >= 4 is 23.2 Å². The van der Waals surface area contributed by atoms with E-state index in [2.05, 4.69) is 29.2 Å². The number of hydrogen-bond acceptors (Lipinski definition) is 2. The average molecular weight is 404 g/mol. The highest BCUT2D eigenvalue weighted by Gasteiger charge is 2.30. The molecule has 0 atom stereocenters. The monoisotopic (exact) mass is 403 g/mol. The van der Waals surface area contributed by atoms with Gasteiger partial charge in [0.1, 0.15) is 0 Å². The van der Waals surface area contributed by atoms with Crippen molar-refractivity contribution in [1.29, 1.82) is 0 Å². The largest absolute Gasteiger partial charge is 0.376 e. The summed E-state index contributed by atoms with van der Waals surface area (Å²) >= 11 is 12.0. The molecule has 1 heterocycles. The zero-order valence-corrected chi connectivity index (χ0v) is 17.2. The van der Waals surface area contributed by atoms with Crippen molar-refractivity contribution < 1.29 is 4.74 Å². The summed E-state index contributed by atoms with van der Waals surface area (Å²) in [7, 11) is 0. The van der Waals surface area contributed by atoms with Gasteiger partial charge in [0.2, 0.25) is 0 Å². The van der Waals surface area contributed by atoms with Gasteiger partial charge in [-0.15, -0.1) is 0 Å². The van der Waals surface area contributed by atoms with E-state index in [0.717, 1.165) is 18.7 Å². The third kappa shape index (κ3) is 5.06. The molecular weight excluding hydrogens is 377 g/mol. The predicted molar refractivity (Wildman–Crippen MR) is 113 cm³/mol. The maximum Gasteiger partial charge on any atom is 0.0717 e. The minimum Gasteiger partial charge on any atom is -0.376 e. The van der Waals surface area contributed by atoms with E-state index < -0.39 is 0 Å². The van der Waals surface area contributed by atoms with Crippen LogP contribution < -0.4 is 0 Å². The molecule has 4 rings (SSSR count). The summed E-state index contributed by atoms with van der Waals surface area (Å²) in [6.45, 7) is 5.05. The molecule has 1 aliphatic heterocycles. The maximum atomic E-state index is 6.05. The van der Waals surface area contributed by atoms with Crippen LogP contribution in [0.25, 0.3) is 0 Å². The van der Waals surface area contributed by atoms with Gasteiger partial charge < -0.3 is 4.74 Å². The SMILES string of the molecule is Clc1ccc(COCC2CC(c3ccc(CN4CCCC4)cc3)C2)cc1Cl. The van der Waals surface area contributed by atoms with Crippen molar-refractivity contribution in [1.82, 2.24) is 4.90 Å². The van der Waals surface area contributed by atoms with E-state index in [4.69, 9.17) is 27.9 Å². The first kappa shape index (κ1) is 19.3. The zero-order chi connectivity index (χ0) is 18.6. The molecule has 0 spiro atoms. The van der Waals surface area contributed by atoms with Gasteiger partial charge in [0.25, 0.3) is 0 Å². The summed E-state index contributed by atoms with van der Waals surface area (Å²) < 4.78 is 5.89. The minimum atomic E-state index is 0.591. The molecule has 144 valence electrons. The first-order chi connectivity index (χ1) is 13.2. The van der Waals surface area contributed by atoms with Crippen LogP contribution >= 0.6 is 23.2 Å². The number of ether oxygens (including phenoxy) is 1. The Morgan fingerprint density at radius 2 is 1.59 bits per heavy atom. The lowest BCUT2D eigenvalue weighted by atomic mass is 9.72. The van der Waals surface area contributed by atoms with Crippen LogP contribution in [0.15, 0.2) is 42.5 Å². The van der Waals surface area contributed by atoms with Gasteiger partial charge in [-0.25, -0.2) is 0 Å². The molecule has 0 unspecified atom stereocenters. The second kappa shape index (κ2) is 8.96. The molecule has 2 fully saturated rings. The van der Waals surface area contributed by atoms with Gasteiger partial charge in [-0.3, -0.25) is 4.90 Å². The van der Waals surface area contributed by atoms with Crippen molar-refractivity contribution in [3.05, 3.63) is 69.2 Å². The number of likely N-dealkylation sites (tertiary alicyclic amines) is 1. The molecular formula is C23H27Cl2NO. The molecule has 2 aliphatic rings. The smallest absolute Gasteiger partial charge is 0.0717 e. The zero-order valence-electron chi connectivity index (χ0n) is 15.7. The Morgan fingerprint density at radius 1 is 0.889 bits per heavy atom. The molecule has 0 amide bonds. The highest BCUT2D eigenvalue weighted by atomic mass is 35.5. The highest BCUT2D eigenvalue weighted by Crippen LogP contribution is 2.41. The van der Waals surface area contributed by atoms with E-state index in [0.29, 0.717) is 28.5 Å². The number of halogens is 2. The lowest BCUT2D eigenvalue weighted by Gasteiger charge is -2.35. The highest BCUT2D eigenvalue weighted by molar-refractivity contribution is 6.42. The molecule has 27 heavy (non-hydrogen) atoms. The normalized spacial score (nSPS) is 22.7. The lowest BCUT2D eigenvalue weighted by molar-refractivity contribution is 0.0508. The third-order valence-corrected chi connectivity index (χ3v) is 6.64. The van der Waals surface area contributed by atoms with Gasteiger partial charge in [-0.05, 0) is 79.4 Å². The Hall–Kier alpha value is -1.06. The van der Waals surface area contributed by atoms with Crippen LogP contribution in [0.3, 0.4) is 0 Å². The fourth-order valence-electron chi connectivity index (χ4n) is 4.21. The van der Waals surface area contributed by atoms with E-state index in [-0.39, 0.29) is 0 Å². The molecule has 1 saturated heterocycles. The average Bonchev–Trinajstić information content (AvgIpc) is 3.14. The van der Waals surface area contributed by atoms with Crippen LogP contribution in [0.5, 0.6) is 0 Å². The molecule has 1 saturated carbocycles. The summed E-state index contributed by atoms with van der Waals surface area (Å²) in [5, 5.41) is 1.18. The van der Waals surface area contributed by atoms with Gasteiger partial charge in [0.05, 0.1) is 16.7 Å². The van der Waals surface area contributed by atoms with Crippen molar-refractivity contribution in [2.45, 2.75) is 44.8 Å². The summed E-state index contributed by atoms with van der Waals surface area (Å²) in [5.41, 5.74) is 4.01. The number of benzene rings is 2. The maximum absolute atomic E-state index is 6.05. The summed E-state index contributed by atoms with van der Waals surface area (Å²) in [5.74, 6) is 1.37. The molecule has 2 aromatic rings. The van der Waals surface area contributed by atoms with Crippen LogP contribution in [0.4, 0.5) is 0 Å². The Balaban J connectivity index is 1.18. The Labute approximate surface area is 172 Å². The number of nitrogens with zero attached hydrogens (tertiary/aromatic N) is 1. The fourth-order valence-corrected chi connectivity index (χ4v) is 4.53. The van der Waals surface area contributed by atoms with Crippen molar-refractivity contribution in [2.24, 2.45) is 5.92 Å². The third-order valence-electron chi connectivity index (χ3n) is 5.90. The van der Waals surface area contributed by atoms with Crippen LogP contribution in [-0.4, -0.2) is 24.6 Å². The standard InChI is InChI=1S/C23H27Cl2NO/c24-22-8-5-18(13-23(22)25)15-27-16-19-11-21(12-19)20-6-3-17(4-7-20)14-26-9-1-2-10-26/h3-8,13,19,21H,1-2,9-12,14-16H2. The van der Waals surface area contributed by atoms with Crippen molar-refractivity contribution in [2.75, 3.05) is 19.7 Å². The van der Waals surface area contributed by atoms with Gasteiger partial charge in [0.15, 0.2) is 0 Å². The van der Waals surface area contributed by atoms with Gasteiger partial charge in [0, 0.05) is 13.2 Å². The summed E-state index contributed by atoms with van der Waals surface area (Å²) in [4.78, 5) is 2.56. The molecule has 4 heteroatoms. The minimum absolute atomic E-state index is 0.591. The Bertz CT molecular complexity index is 749. The van der Waals surface area contributed by atoms with E-state index in [1.54, 1.807) is 0 Å². The topological polar surface area (TPSA) is 12.5 Å². The number of hydrogen-bond donors (Lipinski definition) is 0. The molecule has 0 N–H and O–H groups in total. The molecule has 2 nitrogen and oxygen atoms in total. The summed E-state index contributed by atoms with van der Waals surface area (Å²) in [6, 6.07) is 15.0. The van der Waals surface area contributed by atoms with Crippen LogP contribution in [0.1, 0.15) is 48.3 Å². The van der Waals surface area contributed by atoms with Crippen LogP contribution in [0.2, 0.25) is 10.0 Å². The van der Waals surface area contributed by atoms with E-state index in [1.165, 1.54) is 49.9 Å². The number of rotatable bonds is 7. The Kier molecular flexibility index (Phi) is 6.39. The second-order valence-electron chi connectivity index (χ2n) is 8.02. The summed E-state index contributed by atoms with van der Waals surface area (Å²) in [6.07, 6.45) is 5.17. The molecule has 0 bridgehead atoms. The van der Waals surface area contributed by atoms with E-state index in [1.807, 2.05) is 18.2 Å². The van der Waals surface area contributed by atoms with Gasteiger partial charge in [-0.2, -0.15) is 0 Å². The van der Waals surface area contributed by atoms with E-state index in [9.17, 15) is 0 Å². The van der Waals surface area contributed by atoms with Crippen LogP contribution in [0, 0.1) is 5.92 Å². The quantitative estimate of drug-likeness (QED) is 0.537. The molecule has 2 aromatic carbocycles.